The molecule has 6 rings (SSSR count). The summed E-state index contributed by atoms with van der Waals surface area (Å²) in [6.07, 6.45) is 0. The Hall–Kier alpha value is -4.57. The molecule has 0 aliphatic carbocycles. The van der Waals surface area contributed by atoms with E-state index in [2.05, 4.69) is 9.97 Å². The van der Waals surface area contributed by atoms with Crippen molar-refractivity contribution in [3.05, 3.63) is 102 Å². The Morgan fingerprint density at radius 1 is 0.538 bits per heavy atom. The highest BCUT2D eigenvalue weighted by atomic mass is 27.0. The smallest absolute Gasteiger partial charge is 0.259 e. The number of phenolic OH excluding ortho intramolecular Hbond substituents is 4. The van der Waals surface area contributed by atoms with Crippen LogP contribution in [0.1, 0.15) is 11.4 Å². The van der Waals surface area contributed by atoms with Crippen molar-refractivity contribution in [2.45, 2.75) is 13.8 Å². The third kappa shape index (κ3) is 5.11. The lowest BCUT2D eigenvalue weighted by Gasteiger charge is -2.19. The van der Waals surface area contributed by atoms with E-state index >= 15 is 0 Å². The van der Waals surface area contributed by atoms with Crippen LogP contribution in [0.2, 0.25) is 0 Å². The Balaban J connectivity index is 0.000000384. The fraction of sp³-hybridized carbons (Fsp3) is 0.0625. The van der Waals surface area contributed by atoms with E-state index in [0.717, 1.165) is 53.9 Å². The first-order chi connectivity index (χ1) is 18.7. The number of aryl methyl sites for hydroxylation is 2. The zero-order chi connectivity index (χ0) is 27.7. The van der Waals surface area contributed by atoms with E-state index in [1.165, 1.54) is 0 Å². The van der Waals surface area contributed by atoms with Crippen molar-refractivity contribution < 1.29 is 20.4 Å². The van der Waals surface area contributed by atoms with Gasteiger partial charge >= 0.3 is 0 Å². The van der Waals surface area contributed by atoms with E-state index in [0.29, 0.717) is 28.0 Å². The molecule has 0 amide bonds. The predicted octanol–water partition coefficient (Wildman–Crippen LogP) is 5.50. The minimum absolute atomic E-state index is 0.132. The summed E-state index contributed by atoms with van der Waals surface area (Å²) < 4.78 is 1.12. The monoisotopic (exact) mass is 530 g/mol. The molecular formula is C32H27AlN2O4. The van der Waals surface area contributed by atoms with Crippen LogP contribution in [0, 0.1) is 13.8 Å². The molecule has 0 saturated carbocycles. The molecular weight excluding hydrogens is 503 g/mol. The average molecular weight is 531 g/mol. The van der Waals surface area contributed by atoms with Crippen LogP contribution in [-0.2, 0) is 0 Å². The number of hydrogen-bond acceptors (Lipinski definition) is 6. The lowest BCUT2D eigenvalue weighted by atomic mass is 9.90. The Kier molecular flexibility index (Phi) is 7.12. The van der Waals surface area contributed by atoms with E-state index in [1.807, 2.05) is 50.2 Å². The molecule has 2 heterocycles. The van der Waals surface area contributed by atoms with Crippen molar-refractivity contribution in [3.8, 4) is 45.3 Å². The van der Waals surface area contributed by atoms with Gasteiger partial charge in [-0.05, 0) is 61.9 Å². The third-order valence-corrected chi connectivity index (χ3v) is 7.55. The molecule has 7 heteroatoms. The molecule has 4 N–H and O–H groups in total. The lowest BCUT2D eigenvalue weighted by Crippen LogP contribution is -2.10. The van der Waals surface area contributed by atoms with Gasteiger partial charge in [0.2, 0.25) is 0 Å². The molecule has 0 fully saturated rings. The highest BCUT2D eigenvalue weighted by Crippen LogP contribution is 2.42. The van der Waals surface area contributed by atoms with Gasteiger partial charge in [-0.2, -0.15) is 0 Å². The number of aromatic nitrogens is 2. The van der Waals surface area contributed by atoms with Gasteiger partial charge in [-0.1, -0.05) is 48.5 Å². The maximum absolute atomic E-state index is 11.0. The lowest BCUT2D eigenvalue weighted by molar-refractivity contribution is 0.475. The molecule has 0 aliphatic heterocycles. The van der Waals surface area contributed by atoms with Gasteiger partial charge in [-0.15, -0.1) is 4.43 Å². The number of para-hydroxylation sites is 3. The van der Waals surface area contributed by atoms with Crippen LogP contribution in [-0.4, -0.2) is 46.7 Å². The number of rotatable bonds is 2. The van der Waals surface area contributed by atoms with Gasteiger partial charge in [0.05, 0.1) is 0 Å². The van der Waals surface area contributed by atoms with Crippen molar-refractivity contribution in [1.82, 2.24) is 9.97 Å². The molecule has 192 valence electrons. The summed E-state index contributed by atoms with van der Waals surface area (Å²) in [6, 6.07) is 27.0. The van der Waals surface area contributed by atoms with E-state index in [4.69, 9.17) is 5.11 Å². The Morgan fingerprint density at radius 2 is 1.05 bits per heavy atom. The molecule has 39 heavy (non-hydrogen) atoms. The third-order valence-electron chi connectivity index (χ3n) is 6.72. The first kappa shape index (κ1) is 26.1. The van der Waals surface area contributed by atoms with Crippen LogP contribution < -0.4 is 4.43 Å². The van der Waals surface area contributed by atoms with Crippen LogP contribution in [0.3, 0.4) is 0 Å². The summed E-state index contributed by atoms with van der Waals surface area (Å²) in [5.74, 6) is 0.767. The number of phenols is 4. The molecule has 0 spiro atoms. The quantitative estimate of drug-likeness (QED) is 0.220. The van der Waals surface area contributed by atoms with E-state index < -0.39 is 0 Å². The highest BCUT2D eigenvalue weighted by Gasteiger charge is 2.20. The van der Waals surface area contributed by atoms with E-state index in [1.54, 1.807) is 54.6 Å². The number of fused-ring (bicyclic) bond motifs is 2. The first-order valence-corrected chi connectivity index (χ1v) is 13.5. The second-order valence-electron chi connectivity index (χ2n) is 9.43. The minimum Gasteiger partial charge on any atom is -0.508 e. The molecule has 0 unspecified atom stereocenters. The first-order valence-electron chi connectivity index (χ1n) is 12.5. The summed E-state index contributed by atoms with van der Waals surface area (Å²) in [4.78, 5) is 9.32. The molecule has 0 atom stereocenters. The van der Waals surface area contributed by atoms with Crippen molar-refractivity contribution >= 4 is 42.5 Å². The fourth-order valence-corrected chi connectivity index (χ4v) is 5.49. The van der Waals surface area contributed by atoms with Gasteiger partial charge in [0.15, 0.2) is 0 Å². The number of aromatic hydroxyl groups is 4. The number of benzene rings is 4. The van der Waals surface area contributed by atoms with Gasteiger partial charge in [0.1, 0.15) is 34.0 Å². The standard InChI is InChI=1S/C26H19N2O3.C6H6O.Al.2H/c1-14-19(12-16-6-3-10-22(30)25(16)27-14)18-8-5-9-21(29)24(18)20-13-17-7-4-11-23(31)26(17)28-15(20)2;7-6-4-2-1-3-5-6;;;/h3-7,9-13,29-31H,1-2H3;1-5,7H;;;. The van der Waals surface area contributed by atoms with Crippen LogP contribution >= 0.6 is 0 Å². The molecule has 0 saturated heterocycles. The minimum atomic E-state index is 0.132. The summed E-state index contributed by atoms with van der Waals surface area (Å²) >= 11 is 0.767. The number of hydrogen-bond donors (Lipinski definition) is 4. The number of nitrogens with zero attached hydrogens (tertiary/aromatic N) is 2. The van der Waals surface area contributed by atoms with Crippen LogP contribution in [0.4, 0.5) is 0 Å². The van der Waals surface area contributed by atoms with E-state index in [9.17, 15) is 15.3 Å². The predicted molar refractivity (Wildman–Crippen MR) is 159 cm³/mol. The van der Waals surface area contributed by atoms with Gasteiger partial charge in [0, 0.05) is 38.9 Å². The molecule has 0 aliphatic rings. The average Bonchev–Trinajstić information content (AvgIpc) is 2.91. The van der Waals surface area contributed by atoms with Crippen LogP contribution in [0.25, 0.3) is 44.1 Å². The zero-order valence-electron chi connectivity index (χ0n) is 21.8. The Morgan fingerprint density at radius 3 is 1.54 bits per heavy atom. The maximum Gasteiger partial charge on any atom is 0.259 e. The topological polar surface area (TPSA) is 107 Å². The van der Waals surface area contributed by atoms with Crippen LogP contribution in [0.5, 0.6) is 23.0 Å². The zero-order valence-corrected chi connectivity index (χ0v) is 23.8. The summed E-state index contributed by atoms with van der Waals surface area (Å²) in [7, 11) is 0. The summed E-state index contributed by atoms with van der Waals surface area (Å²) in [5, 5.41) is 41.7. The fourth-order valence-electron chi connectivity index (χ4n) is 4.80. The second kappa shape index (κ2) is 10.7. The van der Waals surface area contributed by atoms with Crippen molar-refractivity contribution in [3.63, 3.8) is 0 Å². The molecule has 6 aromatic rings. The largest absolute Gasteiger partial charge is 0.508 e. The van der Waals surface area contributed by atoms with Gasteiger partial charge in [0.25, 0.3) is 16.3 Å². The Bertz CT molecular complexity index is 1720. The van der Waals surface area contributed by atoms with Crippen molar-refractivity contribution in [2.75, 3.05) is 0 Å². The SMILES string of the molecule is Cc1nc2c(O)cccc2cc1-c1c(O)cc[c]([AlH2])c1-c1cc2cccc(O)c2nc1C.Oc1ccccc1. The van der Waals surface area contributed by atoms with Gasteiger partial charge < -0.3 is 20.4 Å². The molecule has 4 aromatic carbocycles. The van der Waals surface area contributed by atoms with Gasteiger partial charge in [-0.25, -0.2) is 9.97 Å². The molecule has 2 aromatic heterocycles. The molecule has 6 nitrogen and oxygen atoms in total. The van der Waals surface area contributed by atoms with E-state index in [-0.39, 0.29) is 17.2 Å². The summed E-state index contributed by atoms with van der Waals surface area (Å²) in [6.45, 7) is 3.80. The Labute approximate surface area is 233 Å². The highest BCUT2D eigenvalue weighted by molar-refractivity contribution is 6.37. The molecule has 0 radical (unpaired) electrons. The molecule has 0 bridgehead atoms. The maximum atomic E-state index is 11.0. The normalized spacial score (nSPS) is 10.8. The summed E-state index contributed by atoms with van der Waals surface area (Å²) in [5.41, 5.74) is 5.94. The number of pyridine rings is 2. The van der Waals surface area contributed by atoms with Gasteiger partial charge in [-0.3, -0.25) is 0 Å². The van der Waals surface area contributed by atoms with Crippen molar-refractivity contribution in [1.29, 1.82) is 0 Å². The second-order valence-corrected chi connectivity index (χ2v) is 10.5. The van der Waals surface area contributed by atoms with Crippen LogP contribution in [0.15, 0.2) is 91.0 Å². The van der Waals surface area contributed by atoms with Crippen molar-refractivity contribution in [2.24, 2.45) is 0 Å².